The van der Waals surface area contributed by atoms with Crippen LogP contribution < -0.4 is 5.32 Å². The molecule has 8 heteroatoms. The van der Waals surface area contributed by atoms with Crippen molar-refractivity contribution >= 4 is 45.6 Å². The van der Waals surface area contributed by atoms with Crippen LogP contribution in [0.25, 0.3) is 10.8 Å². The first-order chi connectivity index (χ1) is 10.1. The molecule has 1 aliphatic rings. The Labute approximate surface area is 149 Å². The molecule has 1 N–H and O–H groups in total. The van der Waals surface area contributed by atoms with Crippen LogP contribution in [0.4, 0.5) is 0 Å². The van der Waals surface area contributed by atoms with E-state index in [-0.39, 0.29) is 30.9 Å². The fourth-order valence-electron chi connectivity index (χ4n) is 2.70. The van der Waals surface area contributed by atoms with Crippen molar-refractivity contribution < 1.29 is 8.42 Å². The van der Waals surface area contributed by atoms with E-state index in [0.29, 0.717) is 18.0 Å². The number of rotatable bonds is 2. The predicted molar refractivity (Wildman–Crippen MR) is 97.1 cm³/mol. The Morgan fingerprint density at radius 3 is 2.74 bits per heavy atom. The third-order valence-electron chi connectivity index (χ3n) is 3.96. The molecule has 5 nitrogen and oxygen atoms in total. The third-order valence-corrected chi connectivity index (χ3v) is 5.97. The molecule has 1 aromatic carbocycles. The van der Waals surface area contributed by atoms with Crippen LogP contribution in [0.5, 0.6) is 0 Å². The lowest BCUT2D eigenvalue weighted by atomic mass is 10.2. The van der Waals surface area contributed by atoms with Crippen molar-refractivity contribution in [2.24, 2.45) is 0 Å². The van der Waals surface area contributed by atoms with E-state index in [4.69, 9.17) is 0 Å². The van der Waals surface area contributed by atoms with E-state index in [1.54, 1.807) is 28.8 Å². The molecule has 1 saturated heterocycles. The van der Waals surface area contributed by atoms with E-state index in [1.807, 2.05) is 19.1 Å². The lowest BCUT2D eigenvalue weighted by molar-refractivity contribution is 0.350. The van der Waals surface area contributed by atoms with Crippen LogP contribution in [0.15, 0.2) is 41.6 Å². The van der Waals surface area contributed by atoms with Crippen LogP contribution in [-0.4, -0.2) is 43.4 Å². The second kappa shape index (κ2) is 8.26. The summed E-state index contributed by atoms with van der Waals surface area (Å²) in [5.74, 6) is 0. The Bertz CT molecular complexity index is 755. The van der Waals surface area contributed by atoms with Gasteiger partial charge < -0.3 is 5.32 Å². The summed E-state index contributed by atoms with van der Waals surface area (Å²) in [7, 11) is -3.45. The quantitative estimate of drug-likeness (QED) is 0.872. The molecule has 0 saturated carbocycles. The van der Waals surface area contributed by atoms with Crippen LogP contribution in [0.1, 0.15) is 13.3 Å². The lowest BCUT2D eigenvalue weighted by Gasteiger charge is -2.26. The molecule has 2 aromatic rings. The van der Waals surface area contributed by atoms with E-state index in [1.165, 1.54) is 0 Å². The summed E-state index contributed by atoms with van der Waals surface area (Å²) in [5, 5.41) is 5.09. The fraction of sp³-hybridized carbons (Fsp3) is 0.400. The molecule has 1 atom stereocenters. The van der Waals surface area contributed by atoms with Crippen molar-refractivity contribution in [1.82, 2.24) is 14.6 Å². The van der Waals surface area contributed by atoms with Gasteiger partial charge in [-0.1, -0.05) is 6.07 Å². The number of fused-ring (bicyclic) bond motifs is 1. The van der Waals surface area contributed by atoms with E-state index in [0.717, 1.165) is 23.7 Å². The first-order valence-electron chi connectivity index (χ1n) is 7.15. The monoisotopic (exact) mass is 377 g/mol. The summed E-state index contributed by atoms with van der Waals surface area (Å²) in [6.45, 7) is 4.03. The number of hydrogen-bond donors (Lipinski definition) is 1. The Hall–Kier alpha value is -0.920. The molecule has 0 amide bonds. The van der Waals surface area contributed by atoms with E-state index < -0.39 is 10.0 Å². The van der Waals surface area contributed by atoms with Crippen LogP contribution in [0.2, 0.25) is 0 Å². The molecule has 0 aliphatic carbocycles. The Morgan fingerprint density at radius 2 is 1.96 bits per heavy atom. The van der Waals surface area contributed by atoms with Gasteiger partial charge in [0, 0.05) is 36.9 Å². The highest BCUT2D eigenvalue weighted by atomic mass is 35.5. The molecule has 3 rings (SSSR count). The minimum absolute atomic E-state index is 0. The fourth-order valence-corrected chi connectivity index (χ4v) is 4.40. The van der Waals surface area contributed by atoms with Gasteiger partial charge in [-0.25, -0.2) is 8.42 Å². The van der Waals surface area contributed by atoms with Crippen molar-refractivity contribution in [3.63, 3.8) is 0 Å². The molecule has 1 aliphatic heterocycles. The van der Waals surface area contributed by atoms with Crippen molar-refractivity contribution in [3.05, 3.63) is 36.7 Å². The van der Waals surface area contributed by atoms with Crippen LogP contribution in [0, 0.1) is 0 Å². The first-order valence-corrected chi connectivity index (χ1v) is 8.59. The van der Waals surface area contributed by atoms with Gasteiger partial charge in [0.25, 0.3) is 0 Å². The van der Waals surface area contributed by atoms with Gasteiger partial charge in [-0.05, 0) is 43.5 Å². The maximum Gasteiger partial charge on any atom is 0.243 e. The smallest absolute Gasteiger partial charge is 0.243 e. The van der Waals surface area contributed by atoms with Crippen LogP contribution in [-0.2, 0) is 10.0 Å². The maximum absolute atomic E-state index is 12.9. The highest BCUT2D eigenvalue weighted by Crippen LogP contribution is 2.23. The second-order valence-corrected chi connectivity index (χ2v) is 7.28. The van der Waals surface area contributed by atoms with Gasteiger partial charge in [-0.3, -0.25) is 4.98 Å². The molecule has 2 heterocycles. The highest BCUT2D eigenvalue weighted by molar-refractivity contribution is 7.89. The molecule has 128 valence electrons. The number of aromatic nitrogens is 1. The zero-order valence-electron chi connectivity index (χ0n) is 12.8. The maximum atomic E-state index is 12.9. The molecule has 1 unspecified atom stereocenters. The Kier molecular flexibility index (Phi) is 7.23. The summed E-state index contributed by atoms with van der Waals surface area (Å²) in [4.78, 5) is 4.41. The van der Waals surface area contributed by atoms with E-state index in [2.05, 4.69) is 10.3 Å². The average molecular weight is 378 g/mol. The van der Waals surface area contributed by atoms with Gasteiger partial charge in [0.1, 0.15) is 0 Å². The minimum atomic E-state index is -3.45. The van der Waals surface area contributed by atoms with E-state index in [9.17, 15) is 8.42 Å². The number of pyridine rings is 1. The van der Waals surface area contributed by atoms with E-state index >= 15 is 0 Å². The standard InChI is InChI=1S/C15H19N3O2S.2ClH/c1-12-4-6-16-8-9-18(12)21(19,20)15-3-2-14-11-17-7-5-13(14)10-15;;/h2-3,5,7,10-12,16H,4,6,8-9H2,1H3;2*1H. The summed E-state index contributed by atoms with van der Waals surface area (Å²) in [6.07, 6.45) is 4.25. The predicted octanol–water partition coefficient (Wildman–Crippen LogP) is 2.45. The molecule has 0 radical (unpaired) electrons. The second-order valence-electron chi connectivity index (χ2n) is 5.39. The van der Waals surface area contributed by atoms with Crippen LogP contribution >= 0.6 is 24.8 Å². The van der Waals surface area contributed by atoms with Crippen molar-refractivity contribution in [3.8, 4) is 0 Å². The van der Waals surface area contributed by atoms with Gasteiger partial charge >= 0.3 is 0 Å². The Morgan fingerprint density at radius 1 is 1.17 bits per heavy atom. The summed E-state index contributed by atoms with van der Waals surface area (Å²) >= 11 is 0. The summed E-state index contributed by atoms with van der Waals surface area (Å²) in [5.41, 5.74) is 0. The van der Waals surface area contributed by atoms with Gasteiger partial charge in [0.2, 0.25) is 10.0 Å². The third kappa shape index (κ3) is 4.14. The van der Waals surface area contributed by atoms with Crippen molar-refractivity contribution in [1.29, 1.82) is 0 Å². The first kappa shape index (κ1) is 20.1. The summed E-state index contributed by atoms with van der Waals surface area (Å²) < 4.78 is 27.4. The number of benzene rings is 1. The zero-order valence-corrected chi connectivity index (χ0v) is 15.3. The molecule has 1 aromatic heterocycles. The molecule has 0 bridgehead atoms. The number of sulfonamides is 1. The number of nitrogens with one attached hydrogen (secondary N) is 1. The highest BCUT2D eigenvalue weighted by Gasteiger charge is 2.29. The largest absolute Gasteiger partial charge is 0.315 e. The molecular formula is C15H21Cl2N3O2S. The minimum Gasteiger partial charge on any atom is -0.315 e. The molecule has 0 spiro atoms. The number of hydrogen-bond acceptors (Lipinski definition) is 4. The van der Waals surface area contributed by atoms with Gasteiger partial charge in [-0.15, -0.1) is 24.8 Å². The topological polar surface area (TPSA) is 62.3 Å². The number of halogens is 2. The molecule has 23 heavy (non-hydrogen) atoms. The van der Waals surface area contributed by atoms with Crippen molar-refractivity contribution in [2.45, 2.75) is 24.3 Å². The lowest BCUT2D eigenvalue weighted by Crippen LogP contribution is -2.39. The van der Waals surface area contributed by atoms with Gasteiger partial charge in [0.05, 0.1) is 4.90 Å². The van der Waals surface area contributed by atoms with Crippen LogP contribution in [0.3, 0.4) is 0 Å². The zero-order chi connectivity index (χ0) is 14.9. The summed E-state index contributed by atoms with van der Waals surface area (Å²) in [6, 6.07) is 7.07. The average Bonchev–Trinajstić information content (AvgIpc) is 2.71. The number of nitrogens with zero attached hydrogens (tertiary/aromatic N) is 2. The molecule has 1 fully saturated rings. The van der Waals surface area contributed by atoms with Gasteiger partial charge in [-0.2, -0.15) is 4.31 Å². The SMILES string of the molecule is CC1CCNCCN1S(=O)(=O)c1ccc2cnccc2c1.Cl.Cl. The molecular weight excluding hydrogens is 357 g/mol. The Balaban J connectivity index is 0.00000132. The van der Waals surface area contributed by atoms with Crippen molar-refractivity contribution in [2.75, 3.05) is 19.6 Å². The normalized spacial score (nSPS) is 19.4. The van der Waals surface area contributed by atoms with Gasteiger partial charge in [0.15, 0.2) is 0 Å².